The van der Waals surface area contributed by atoms with Gasteiger partial charge in [0.15, 0.2) is 5.76 Å². The van der Waals surface area contributed by atoms with E-state index >= 15 is 0 Å². The van der Waals surface area contributed by atoms with Crippen molar-refractivity contribution in [1.29, 1.82) is 0 Å². The predicted octanol–water partition coefficient (Wildman–Crippen LogP) is -2.32. The molecule has 0 bridgehead atoms. The summed E-state index contributed by atoms with van der Waals surface area (Å²) in [6.07, 6.45) is 0.454. The SMILES string of the molecule is O=C1OC(CN2CCOCC2)CN1/N=C/c1ccc([N+](=O)[O-])o1.[Cl-]. The number of hydrogen-bond acceptors (Lipinski definition) is 8. The highest BCUT2D eigenvalue weighted by molar-refractivity contribution is 5.78. The first kappa shape index (κ1) is 18.2. The second kappa shape index (κ2) is 8.08. The Hall–Kier alpha value is -2.17. The molecule has 24 heavy (non-hydrogen) atoms. The van der Waals surface area contributed by atoms with Crippen molar-refractivity contribution in [3.63, 3.8) is 0 Å². The van der Waals surface area contributed by atoms with E-state index in [0.29, 0.717) is 26.3 Å². The summed E-state index contributed by atoms with van der Waals surface area (Å²) in [4.78, 5) is 23.8. The van der Waals surface area contributed by atoms with Crippen LogP contribution in [0.2, 0.25) is 0 Å². The molecule has 1 aromatic heterocycles. The van der Waals surface area contributed by atoms with Gasteiger partial charge in [-0.2, -0.15) is 10.1 Å². The fraction of sp³-hybridized carbons (Fsp3) is 0.538. The second-order valence-corrected chi connectivity index (χ2v) is 5.18. The Morgan fingerprint density at radius 2 is 2.12 bits per heavy atom. The number of cyclic esters (lactones) is 1. The maximum Gasteiger partial charge on any atom is 0.433 e. The Labute approximate surface area is 143 Å². The van der Waals surface area contributed by atoms with Gasteiger partial charge in [-0.1, -0.05) is 0 Å². The number of furan rings is 1. The van der Waals surface area contributed by atoms with Gasteiger partial charge < -0.3 is 26.3 Å². The molecule has 132 valence electrons. The molecule has 0 aliphatic carbocycles. The van der Waals surface area contributed by atoms with Crippen molar-refractivity contribution in [1.82, 2.24) is 9.91 Å². The van der Waals surface area contributed by atoms with Crippen LogP contribution in [0.4, 0.5) is 10.7 Å². The number of ether oxygens (including phenoxy) is 2. The van der Waals surface area contributed by atoms with Crippen LogP contribution in [-0.4, -0.2) is 72.6 Å². The molecule has 0 radical (unpaired) electrons. The number of carbonyl (C=O) groups excluding carboxylic acids is 1. The number of carbonyl (C=O) groups is 1. The standard InChI is InChI=1S/C13H16N4O6.ClH/c18-13-16(14-7-10-1-2-12(22-10)17(19)20)9-11(23-13)8-15-3-5-21-6-4-15;/h1-2,7,11H,3-6,8-9H2;1H/p-1/b14-7+;. The Bertz CT molecular complexity index is 615. The molecule has 1 aromatic rings. The number of hydrogen-bond donors (Lipinski definition) is 0. The van der Waals surface area contributed by atoms with Crippen molar-refractivity contribution in [2.24, 2.45) is 5.10 Å². The Morgan fingerprint density at radius 3 is 2.79 bits per heavy atom. The fourth-order valence-corrected chi connectivity index (χ4v) is 2.41. The number of morpholine rings is 1. The van der Waals surface area contributed by atoms with Crippen LogP contribution in [0.15, 0.2) is 21.7 Å². The monoisotopic (exact) mass is 359 g/mol. The van der Waals surface area contributed by atoms with E-state index in [2.05, 4.69) is 10.0 Å². The number of halogens is 1. The minimum absolute atomic E-state index is 0. The summed E-state index contributed by atoms with van der Waals surface area (Å²) in [5.74, 6) is -0.179. The molecule has 3 rings (SSSR count). The fourth-order valence-electron chi connectivity index (χ4n) is 2.41. The maximum absolute atomic E-state index is 11.8. The van der Waals surface area contributed by atoms with Crippen LogP contribution in [0.3, 0.4) is 0 Å². The smallest absolute Gasteiger partial charge is 0.433 e. The predicted molar refractivity (Wildman–Crippen MR) is 77.2 cm³/mol. The van der Waals surface area contributed by atoms with E-state index in [1.807, 2.05) is 0 Å². The zero-order chi connectivity index (χ0) is 16.2. The van der Waals surface area contributed by atoms with E-state index in [1.54, 1.807) is 0 Å². The van der Waals surface area contributed by atoms with Gasteiger partial charge in [0.1, 0.15) is 11.0 Å². The van der Waals surface area contributed by atoms with E-state index in [4.69, 9.17) is 13.9 Å². The Balaban J connectivity index is 0.00000208. The molecular weight excluding hydrogens is 344 g/mol. The van der Waals surface area contributed by atoms with Gasteiger partial charge in [-0.3, -0.25) is 15.0 Å². The highest BCUT2D eigenvalue weighted by atomic mass is 35.5. The van der Waals surface area contributed by atoms with Crippen molar-refractivity contribution < 1.29 is 36.0 Å². The largest absolute Gasteiger partial charge is 1.00 e. The number of rotatable bonds is 5. The second-order valence-electron chi connectivity index (χ2n) is 5.18. The summed E-state index contributed by atoms with van der Waals surface area (Å²) in [7, 11) is 0. The number of nitro groups is 1. The Morgan fingerprint density at radius 1 is 1.38 bits per heavy atom. The van der Waals surface area contributed by atoms with Crippen molar-refractivity contribution in [3.05, 3.63) is 28.0 Å². The lowest BCUT2D eigenvalue weighted by molar-refractivity contribution is -0.402. The molecule has 2 aliphatic heterocycles. The van der Waals surface area contributed by atoms with Gasteiger partial charge >= 0.3 is 12.0 Å². The zero-order valence-corrected chi connectivity index (χ0v) is 13.4. The van der Waals surface area contributed by atoms with Gasteiger partial charge in [0, 0.05) is 19.6 Å². The van der Waals surface area contributed by atoms with E-state index in [9.17, 15) is 14.9 Å². The van der Waals surface area contributed by atoms with Gasteiger partial charge in [0.25, 0.3) is 0 Å². The van der Waals surface area contributed by atoms with Gasteiger partial charge in [-0.15, -0.1) is 0 Å². The van der Waals surface area contributed by atoms with Crippen molar-refractivity contribution in [2.75, 3.05) is 39.4 Å². The summed E-state index contributed by atoms with van der Waals surface area (Å²) >= 11 is 0. The topological polar surface area (TPSA) is 111 Å². The summed E-state index contributed by atoms with van der Waals surface area (Å²) in [6, 6.07) is 2.64. The minimum Gasteiger partial charge on any atom is -1.00 e. The zero-order valence-electron chi connectivity index (χ0n) is 12.7. The molecule has 1 amide bonds. The van der Waals surface area contributed by atoms with E-state index in [1.165, 1.54) is 23.4 Å². The third kappa shape index (κ3) is 4.43. The molecule has 2 aliphatic rings. The molecule has 1 atom stereocenters. The molecule has 1 unspecified atom stereocenters. The molecule has 11 heteroatoms. The van der Waals surface area contributed by atoms with Gasteiger partial charge in [0.05, 0.1) is 32.0 Å². The first-order valence-corrected chi connectivity index (χ1v) is 7.18. The molecule has 0 N–H and O–H groups in total. The third-order valence-electron chi connectivity index (χ3n) is 3.54. The van der Waals surface area contributed by atoms with Crippen LogP contribution in [0.1, 0.15) is 5.76 Å². The molecule has 10 nitrogen and oxygen atoms in total. The van der Waals surface area contributed by atoms with Crippen LogP contribution in [0.25, 0.3) is 0 Å². The number of amides is 1. The number of hydrazone groups is 1. The van der Waals surface area contributed by atoms with Crippen LogP contribution in [-0.2, 0) is 9.47 Å². The first-order valence-electron chi connectivity index (χ1n) is 7.18. The van der Waals surface area contributed by atoms with Crippen LogP contribution in [0, 0.1) is 10.1 Å². The normalized spacial score (nSPS) is 21.8. The quantitative estimate of drug-likeness (QED) is 0.329. The minimum atomic E-state index is -0.639. The molecule has 3 heterocycles. The number of nitrogens with zero attached hydrogens (tertiary/aromatic N) is 4. The molecular formula is C13H16ClN4O6-. The van der Waals surface area contributed by atoms with Gasteiger partial charge in [-0.25, -0.2) is 4.79 Å². The van der Waals surface area contributed by atoms with Crippen molar-refractivity contribution in [3.8, 4) is 0 Å². The lowest BCUT2D eigenvalue weighted by Crippen LogP contribution is -3.00. The van der Waals surface area contributed by atoms with Crippen LogP contribution in [0.5, 0.6) is 0 Å². The summed E-state index contributed by atoms with van der Waals surface area (Å²) < 4.78 is 15.5. The average Bonchev–Trinajstić information content (AvgIpc) is 3.13. The molecule has 2 fully saturated rings. The van der Waals surface area contributed by atoms with Gasteiger partial charge in [0.2, 0.25) is 0 Å². The van der Waals surface area contributed by atoms with Crippen LogP contribution < -0.4 is 12.4 Å². The molecule has 0 saturated carbocycles. The summed E-state index contributed by atoms with van der Waals surface area (Å²) in [6.45, 7) is 3.95. The van der Waals surface area contributed by atoms with E-state index in [-0.39, 0.29) is 30.2 Å². The molecule has 2 saturated heterocycles. The third-order valence-corrected chi connectivity index (χ3v) is 3.54. The van der Waals surface area contributed by atoms with Gasteiger partial charge in [-0.05, 0) is 6.07 Å². The van der Waals surface area contributed by atoms with Crippen molar-refractivity contribution in [2.45, 2.75) is 6.10 Å². The molecule has 0 aromatic carbocycles. The average molecular weight is 360 g/mol. The highest BCUT2D eigenvalue weighted by Crippen LogP contribution is 2.16. The highest BCUT2D eigenvalue weighted by Gasteiger charge is 2.32. The summed E-state index contributed by atoms with van der Waals surface area (Å²) in [5.41, 5.74) is 0. The lowest BCUT2D eigenvalue weighted by Gasteiger charge is -2.27. The van der Waals surface area contributed by atoms with E-state index < -0.39 is 11.0 Å². The lowest BCUT2D eigenvalue weighted by atomic mass is 10.3. The Kier molecular flexibility index (Phi) is 6.12. The summed E-state index contributed by atoms with van der Waals surface area (Å²) in [5, 5.41) is 15.7. The van der Waals surface area contributed by atoms with E-state index in [0.717, 1.165) is 13.1 Å². The maximum atomic E-state index is 11.8. The first-order chi connectivity index (χ1) is 11.1. The molecule has 0 spiro atoms. The van der Waals surface area contributed by atoms with Crippen LogP contribution >= 0.6 is 0 Å². The van der Waals surface area contributed by atoms with Crippen molar-refractivity contribution >= 4 is 18.2 Å².